The van der Waals surface area contributed by atoms with Crippen LogP contribution >= 0.6 is 15.9 Å². The highest BCUT2D eigenvalue weighted by Gasteiger charge is 2.06. The molecule has 0 saturated heterocycles. The molecular formula is C16H13BrO2. The van der Waals surface area contributed by atoms with Gasteiger partial charge < -0.3 is 4.42 Å². The first-order chi connectivity index (χ1) is 9.16. The SMILES string of the molecule is C/C(=C\C=C\c1ccco1)C(=O)c1ccc(Br)cc1. The summed E-state index contributed by atoms with van der Waals surface area (Å²) in [6.07, 6.45) is 7.03. The molecule has 0 N–H and O–H groups in total. The van der Waals surface area contributed by atoms with Crippen molar-refractivity contribution in [3.63, 3.8) is 0 Å². The Kier molecular flexibility index (Phi) is 4.53. The molecule has 0 radical (unpaired) electrons. The third-order valence-electron chi connectivity index (χ3n) is 2.61. The Balaban J connectivity index is 2.08. The highest BCUT2D eigenvalue weighted by molar-refractivity contribution is 9.10. The second kappa shape index (κ2) is 6.34. The van der Waals surface area contributed by atoms with E-state index in [0.717, 1.165) is 10.2 Å². The maximum Gasteiger partial charge on any atom is 0.188 e. The lowest BCUT2D eigenvalue weighted by Gasteiger charge is -2.00. The molecule has 1 aromatic carbocycles. The second-order valence-corrected chi connectivity index (χ2v) is 4.98. The lowest BCUT2D eigenvalue weighted by Crippen LogP contribution is -1.99. The summed E-state index contributed by atoms with van der Waals surface area (Å²) in [6.45, 7) is 1.80. The van der Waals surface area contributed by atoms with E-state index < -0.39 is 0 Å². The van der Waals surface area contributed by atoms with E-state index in [4.69, 9.17) is 4.42 Å². The third kappa shape index (κ3) is 3.80. The van der Waals surface area contributed by atoms with Crippen LogP contribution in [0.25, 0.3) is 6.08 Å². The Morgan fingerprint density at radius 2 is 1.95 bits per heavy atom. The van der Waals surface area contributed by atoms with Crippen molar-refractivity contribution in [2.45, 2.75) is 6.92 Å². The number of halogens is 1. The Hall–Kier alpha value is -1.87. The maximum atomic E-state index is 12.1. The zero-order chi connectivity index (χ0) is 13.7. The Labute approximate surface area is 120 Å². The number of allylic oxidation sites excluding steroid dienone is 3. The first-order valence-corrected chi connectivity index (χ1v) is 6.65. The standard InChI is InChI=1S/C16H13BrO2/c1-12(4-2-5-15-6-3-11-19-15)16(18)13-7-9-14(17)10-8-13/h2-11H,1H3/b5-2+,12-4+. The summed E-state index contributed by atoms with van der Waals surface area (Å²) >= 11 is 3.35. The molecule has 0 amide bonds. The molecule has 96 valence electrons. The Morgan fingerprint density at radius 1 is 1.21 bits per heavy atom. The van der Waals surface area contributed by atoms with E-state index in [2.05, 4.69) is 15.9 Å². The molecule has 2 nitrogen and oxygen atoms in total. The number of carbonyl (C=O) groups excluding carboxylic acids is 1. The highest BCUT2D eigenvalue weighted by atomic mass is 79.9. The first kappa shape index (κ1) is 13.6. The molecule has 3 heteroatoms. The van der Waals surface area contributed by atoms with Crippen molar-refractivity contribution in [3.8, 4) is 0 Å². The minimum absolute atomic E-state index is 0.0246. The summed E-state index contributed by atoms with van der Waals surface area (Å²) < 4.78 is 6.13. The molecule has 0 atom stereocenters. The summed E-state index contributed by atoms with van der Waals surface area (Å²) in [5, 5.41) is 0. The van der Waals surface area contributed by atoms with Gasteiger partial charge in [-0.2, -0.15) is 0 Å². The van der Waals surface area contributed by atoms with Gasteiger partial charge in [0.15, 0.2) is 5.78 Å². The number of rotatable bonds is 4. The van der Waals surface area contributed by atoms with Gasteiger partial charge in [-0.25, -0.2) is 0 Å². The summed E-state index contributed by atoms with van der Waals surface area (Å²) in [7, 11) is 0. The summed E-state index contributed by atoms with van der Waals surface area (Å²) in [6, 6.07) is 11.0. The number of carbonyl (C=O) groups is 1. The Morgan fingerprint density at radius 3 is 2.58 bits per heavy atom. The highest BCUT2D eigenvalue weighted by Crippen LogP contribution is 2.14. The average Bonchev–Trinajstić information content (AvgIpc) is 2.92. The fourth-order valence-corrected chi connectivity index (χ4v) is 1.84. The molecule has 0 fully saturated rings. The minimum atomic E-state index is 0.0246. The van der Waals surface area contributed by atoms with Crippen molar-refractivity contribution in [1.82, 2.24) is 0 Å². The predicted molar refractivity (Wildman–Crippen MR) is 80.0 cm³/mol. The molecule has 0 aliphatic rings. The van der Waals surface area contributed by atoms with Gasteiger partial charge in [-0.05, 0) is 55.0 Å². The summed E-state index contributed by atoms with van der Waals surface area (Å²) in [5.74, 6) is 0.789. The van der Waals surface area contributed by atoms with Gasteiger partial charge in [0.2, 0.25) is 0 Å². The Bertz CT molecular complexity index is 605. The van der Waals surface area contributed by atoms with Crippen molar-refractivity contribution in [1.29, 1.82) is 0 Å². The van der Waals surface area contributed by atoms with Crippen LogP contribution < -0.4 is 0 Å². The molecular weight excluding hydrogens is 304 g/mol. The zero-order valence-corrected chi connectivity index (χ0v) is 12.1. The van der Waals surface area contributed by atoms with E-state index in [-0.39, 0.29) is 5.78 Å². The van der Waals surface area contributed by atoms with E-state index in [1.54, 1.807) is 31.4 Å². The van der Waals surface area contributed by atoms with E-state index in [1.807, 2.05) is 36.4 Å². The van der Waals surface area contributed by atoms with Crippen LogP contribution in [0.3, 0.4) is 0 Å². The molecule has 19 heavy (non-hydrogen) atoms. The number of ketones is 1. The number of Topliss-reactive ketones (excluding diaryl/α,β-unsaturated/α-hetero) is 1. The monoisotopic (exact) mass is 316 g/mol. The molecule has 1 aromatic heterocycles. The molecule has 0 saturated carbocycles. The topological polar surface area (TPSA) is 30.2 Å². The largest absolute Gasteiger partial charge is 0.465 e. The van der Waals surface area contributed by atoms with Gasteiger partial charge in [0.1, 0.15) is 5.76 Å². The van der Waals surface area contributed by atoms with Gasteiger partial charge >= 0.3 is 0 Å². The van der Waals surface area contributed by atoms with Crippen molar-refractivity contribution in [2.75, 3.05) is 0 Å². The van der Waals surface area contributed by atoms with Gasteiger partial charge in [0.05, 0.1) is 6.26 Å². The van der Waals surface area contributed by atoms with Crippen LogP contribution in [0.5, 0.6) is 0 Å². The normalized spacial score (nSPS) is 12.0. The second-order valence-electron chi connectivity index (χ2n) is 4.06. The predicted octanol–water partition coefficient (Wildman–Crippen LogP) is 4.88. The summed E-state index contributed by atoms with van der Waals surface area (Å²) in [4.78, 5) is 12.1. The molecule has 0 bridgehead atoms. The zero-order valence-electron chi connectivity index (χ0n) is 10.5. The molecule has 2 rings (SSSR count). The molecule has 0 aliphatic carbocycles. The van der Waals surface area contributed by atoms with Gasteiger partial charge in [0, 0.05) is 10.0 Å². The molecule has 2 aromatic rings. The quantitative estimate of drug-likeness (QED) is 0.457. The van der Waals surface area contributed by atoms with Crippen molar-refractivity contribution >= 4 is 27.8 Å². The number of benzene rings is 1. The van der Waals surface area contributed by atoms with Gasteiger partial charge in [-0.1, -0.05) is 28.1 Å². The van der Waals surface area contributed by atoms with Crippen LogP contribution in [0.2, 0.25) is 0 Å². The van der Waals surface area contributed by atoms with E-state index in [9.17, 15) is 4.79 Å². The molecule has 0 aliphatic heterocycles. The van der Waals surface area contributed by atoms with Crippen LogP contribution in [0.1, 0.15) is 23.0 Å². The average molecular weight is 317 g/mol. The lowest BCUT2D eigenvalue weighted by atomic mass is 10.0. The van der Waals surface area contributed by atoms with Crippen LogP contribution in [-0.2, 0) is 0 Å². The summed E-state index contributed by atoms with van der Waals surface area (Å²) in [5.41, 5.74) is 1.37. The van der Waals surface area contributed by atoms with E-state index in [1.165, 1.54) is 0 Å². The van der Waals surface area contributed by atoms with Gasteiger partial charge in [-0.3, -0.25) is 4.79 Å². The minimum Gasteiger partial charge on any atom is -0.465 e. The fourth-order valence-electron chi connectivity index (χ4n) is 1.58. The van der Waals surface area contributed by atoms with Crippen LogP contribution in [0, 0.1) is 0 Å². The van der Waals surface area contributed by atoms with Crippen LogP contribution in [0.15, 0.2) is 69.3 Å². The fraction of sp³-hybridized carbons (Fsp3) is 0.0625. The van der Waals surface area contributed by atoms with Crippen molar-refractivity contribution in [2.24, 2.45) is 0 Å². The molecule has 0 spiro atoms. The van der Waals surface area contributed by atoms with E-state index >= 15 is 0 Å². The van der Waals surface area contributed by atoms with E-state index in [0.29, 0.717) is 11.1 Å². The van der Waals surface area contributed by atoms with Crippen molar-refractivity contribution in [3.05, 3.63) is 76.2 Å². The van der Waals surface area contributed by atoms with Gasteiger partial charge in [0.25, 0.3) is 0 Å². The van der Waals surface area contributed by atoms with Gasteiger partial charge in [-0.15, -0.1) is 0 Å². The number of hydrogen-bond donors (Lipinski definition) is 0. The lowest BCUT2D eigenvalue weighted by molar-refractivity contribution is 0.103. The van der Waals surface area contributed by atoms with Crippen LogP contribution in [0.4, 0.5) is 0 Å². The third-order valence-corrected chi connectivity index (χ3v) is 3.14. The number of hydrogen-bond acceptors (Lipinski definition) is 2. The first-order valence-electron chi connectivity index (χ1n) is 5.85. The molecule has 0 unspecified atom stereocenters. The van der Waals surface area contributed by atoms with Crippen LogP contribution in [-0.4, -0.2) is 5.78 Å². The smallest absolute Gasteiger partial charge is 0.188 e. The number of furan rings is 1. The van der Waals surface area contributed by atoms with Crippen molar-refractivity contribution < 1.29 is 9.21 Å². The maximum absolute atomic E-state index is 12.1. The molecule has 1 heterocycles.